The zero-order valence-electron chi connectivity index (χ0n) is 6.16. The molecule has 1 aliphatic heterocycles. The van der Waals surface area contributed by atoms with Crippen LogP contribution in [-0.2, 0) is 0 Å². The summed E-state index contributed by atoms with van der Waals surface area (Å²) >= 11 is 4.80. The molecule has 0 N–H and O–H groups in total. The van der Waals surface area contributed by atoms with Gasteiger partial charge in [-0.25, -0.2) is 4.99 Å². The molecule has 0 aromatic carbocycles. The smallest absolute Gasteiger partial charge is 0.124 e. The molecule has 0 spiro atoms. The van der Waals surface area contributed by atoms with Gasteiger partial charge in [0.05, 0.1) is 0 Å². The van der Waals surface area contributed by atoms with Gasteiger partial charge in [-0.1, -0.05) is 19.1 Å². The molecule has 10 heavy (non-hydrogen) atoms. The molecule has 0 aromatic heterocycles. The lowest BCUT2D eigenvalue weighted by Gasteiger charge is -2.06. The van der Waals surface area contributed by atoms with E-state index in [1.54, 1.807) is 11.6 Å². The molecule has 0 bridgehead atoms. The number of aliphatic imine (C=N–C) groups is 2. The molecule has 0 aromatic rings. The van der Waals surface area contributed by atoms with E-state index >= 15 is 0 Å². The maximum atomic E-state index is 4.80. The van der Waals surface area contributed by atoms with Crippen molar-refractivity contribution in [3.05, 3.63) is 0 Å². The van der Waals surface area contributed by atoms with Crippen LogP contribution in [0.25, 0.3) is 0 Å². The molecular formula is C7H10N2S. The summed E-state index contributed by atoms with van der Waals surface area (Å²) in [7, 11) is 0. The lowest BCUT2D eigenvalue weighted by Crippen LogP contribution is -2.21. The third-order valence-corrected chi connectivity index (χ3v) is 1.88. The van der Waals surface area contributed by atoms with Crippen molar-refractivity contribution in [1.29, 1.82) is 0 Å². The van der Waals surface area contributed by atoms with E-state index in [0.717, 1.165) is 12.3 Å². The molecule has 3 heteroatoms. The van der Waals surface area contributed by atoms with Gasteiger partial charge in [0.1, 0.15) is 11.4 Å². The average Bonchev–Trinajstić information content (AvgIpc) is 2.33. The second-order valence-electron chi connectivity index (χ2n) is 2.48. The average molecular weight is 154 g/mol. The summed E-state index contributed by atoms with van der Waals surface area (Å²) in [4.78, 5) is 8.40. The highest BCUT2D eigenvalue weighted by Crippen LogP contribution is 2.12. The molecule has 0 saturated carbocycles. The Morgan fingerprint density at radius 2 is 2.50 bits per heavy atom. The number of nitrogens with zero attached hydrogens (tertiary/aromatic N) is 2. The maximum Gasteiger partial charge on any atom is 0.124 e. The summed E-state index contributed by atoms with van der Waals surface area (Å²) in [5.74, 6) is 0.892. The van der Waals surface area contributed by atoms with Crippen LogP contribution < -0.4 is 0 Å². The number of thiocarbonyl (C=S) groups is 1. The SMILES string of the molecule is CCC1=NC(C)(C=S)C=N1. The molecule has 1 atom stereocenters. The topological polar surface area (TPSA) is 24.7 Å². The Hall–Kier alpha value is -0.570. The van der Waals surface area contributed by atoms with Gasteiger partial charge >= 0.3 is 0 Å². The first-order valence-corrected chi connectivity index (χ1v) is 3.77. The second kappa shape index (κ2) is 2.58. The van der Waals surface area contributed by atoms with Crippen molar-refractivity contribution < 1.29 is 0 Å². The highest BCUT2D eigenvalue weighted by Gasteiger charge is 2.21. The van der Waals surface area contributed by atoms with Crippen molar-refractivity contribution >= 4 is 29.6 Å². The van der Waals surface area contributed by atoms with Crippen molar-refractivity contribution in [3.63, 3.8) is 0 Å². The first-order chi connectivity index (χ1) is 4.70. The second-order valence-corrected chi connectivity index (χ2v) is 2.72. The van der Waals surface area contributed by atoms with Crippen molar-refractivity contribution in [2.75, 3.05) is 0 Å². The summed E-state index contributed by atoms with van der Waals surface area (Å²) in [5, 5.41) is 1.64. The first-order valence-electron chi connectivity index (χ1n) is 3.30. The number of rotatable bonds is 2. The van der Waals surface area contributed by atoms with E-state index in [9.17, 15) is 0 Å². The van der Waals surface area contributed by atoms with Gasteiger partial charge in [-0.15, -0.1) is 0 Å². The Morgan fingerprint density at radius 3 is 2.80 bits per heavy atom. The molecule has 0 amide bonds. The van der Waals surface area contributed by atoms with Gasteiger partial charge in [0.25, 0.3) is 0 Å². The van der Waals surface area contributed by atoms with Crippen molar-refractivity contribution in [2.24, 2.45) is 9.98 Å². The van der Waals surface area contributed by atoms with E-state index in [4.69, 9.17) is 12.2 Å². The van der Waals surface area contributed by atoms with Crippen LogP contribution >= 0.6 is 12.2 Å². The summed E-state index contributed by atoms with van der Waals surface area (Å²) in [6, 6.07) is 0. The Kier molecular flexibility index (Phi) is 1.94. The third-order valence-electron chi connectivity index (χ3n) is 1.40. The van der Waals surface area contributed by atoms with E-state index in [-0.39, 0.29) is 5.54 Å². The minimum Gasteiger partial charge on any atom is -0.253 e. The fraction of sp³-hybridized carbons (Fsp3) is 0.571. The fourth-order valence-corrected chi connectivity index (χ4v) is 0.882. The number of hydrogen-bond acceptors (Lipinski definition) is 3. The molecule has 1 heterocycles. The van der Waals surface area contributed by atoms with Crippen LogP contribution in [0.2, 0.25) is 0 Å². The van der Waals surface area contributed by atoms with Gasteiger partial charge in [-0.2, -0.15) is 0 Å². The minimum atomic E-state index is -0.305. The predicted molar refractivity (Wildman–Crippen MR) is 48.3 cm³/mol. The number of hydrogen-bond donors (Lipinski definition) is 0. The molecule has 54 valence electrons. The van der Waals surface area contributed by atoms with Crippen LogP contribution in [0.4, 0.5) is 0 Å². The Morgan fingerprint density at radius 1 is 1.80 bits per heavy atom. The Balaban J connectivity index is 2.82. The summed E-state index contributed by atoms with van der Waals surface area (Å²) < 4.78 is 0. The molecule has 0 radical (unpaired) electrons. The van der Waals surface area contributed by atoms with Crippen molar-refractivity contribution in [2.45, 2.75) is 25.8 Å². The molecule has 1 aliphatic rings. The van der Waals surface area contributed by atoms with E-state index in [1.807, 2.05) is 13.8 Å². The monoisotopic (exact) mass is 154 g/mol. The highest BCUT2D eigenvalue weighted by molar-refractivity contribution is 7.79. The first kappa shape index (κ1) is 7.54. The molecule has 0 saturated heterocycles. The van der Waals surface area contributed by atoms with Crippen LogP contribution in [0.3, 0.4) is 0 Å². The largest absolute Gasteiger partial charge is 0.253 e. The van der Waals surface area contributed by atoms with E-state index in [2.05, 4.69) is 9.98 Å². The highest BCUT2D eigenvalue weighted by atomic mass is 32.1. The van der Waals surface area contributed by atoms with Crippen LogP contribution in [0, 0.1) is 0 Å². The third kappa shape index (κ3) is 1.29. The summed E-state index contributed by atoms with van der Waals surface area (Å²) in [6.07, 6.45) is 2.67. The fourth-order valence-electron chi connectivity index (χ4n) is 0.768. The van der Waals surface area contributed by atoms with Gasteiger partial charge in [-0.05, 0) is 6.92 Å². The van der Waals surface area contributed by atoms with Crippen LogP contribution in [-0.4, -0.2) is 23.0 Å². The van der Waals surface area contributed by atoms with Crippen molar-refractivity contribution in [3.8, 4) is 0 Å². The van der Waals surface area contributed by atoms with Crippen LogP contribution in [0.15, 0.2) is 9.98 Å². The Bertz CT molecular complexity index is 208. The van der Waals surface area contributed by atoms with Crippen LogP contribution in [0.1, 0.15) is 20.3 Å². The molecule has 1 unspecified atom stereocenters. The zero-order chi connectivity index (χ0) is 7.61. The van der Waals surface area contributed by atoms with Gasteiger partial charge in [0, 0.05) is 18.0 Å². The molecular weight excluding hydrogens is 144 g/mol. The summed E-state index contributed by atoms with van der Waals surface area (Å²) in [6.45, 7) is 3.98. The van der Waals surface area contributed by atoms with Gasteiger partial charge in [-0.3, -0.25) is 4.99 Å². The van der Waals surface area contributed by atoms with E-state index in [0.29, 0.717) is 0 Å². The van der Waals surface area contributed by atoms with E-state index in [1.165, 1.54) is 0 Å². The lowest BCUT2D eigenvalue weighted by atomic mass is 10.1. The zero-order valence-corrected chi connectivity index (χ0v) is 6.98. The maximum absolute atomic E-state index is 4.80. The van der Waals surface area contributed by atoms with Gasteiger partial charge in [0.2, 0.25) is 0 Å². The minimum absolute atomic E-state index is 0.305. The quantitative estimate of drug-likeness (QED) is 0.555. The normalized spacial score (nSPS) is 30.4. The van der Waals surface area contributed by atoms with E-state index < -0.39 is 0 Å². The summed E-state index contributed by atoms with van der Waals surface area (Å²) in [5.41, 5.74) is -0.305. The lowest BCUT2D eigenvalue weighted by molar-refractivity contribution is 0.893. The molecule has 2 nitrogen and oxygen atoms in total. The molecule has 0 fully saturated rings. The predicted octanol–water partition coefficient (Wildman–Crippen LogP) is 1.64. The van der Waals surface area contributed by atoms with Crippen molar-refractivity contribution in [1.82, 2.24) is 0 Å². The molecule has 0 aliphatic carbocycles. The number of amidine groups is 1. The van der Waals surface area contributed by atoms with Crippen LogP contribution in [0.5, 0.6) is 0 Å². The van der Waals surface area contributed by atoms with Gasteiger partial charge < -0.3 is 0 Å². The standard InChI is InChI=1S/C7H10N2S/c1-3-6-8-4-7(2,5-10)9-6/h4-5H,3H2,1-2H3. The molecule has 1 rings (SSSR count). The van der Waals surface area contributed by atoms with Gasteiger partial charge in [0.15, 0.2) is 0 Å². The Labute approximate surface area is 66.1 Å².